The standard InChI is InChI=1S/C22H14O5/c1-11-5-7-12(8-6-11)20(25)13-9-15-19(17(24)10-13)22(27)18-14(21(15)26)3-2-4-16(18)23/h2-10,23-24H,1H3. The number of hydrogen-bond acceptors (Lipinski definition) is 5. The molecule has 27 heavy (non-hydrogen) atoms. The fourth-order valence-corrected chi connectivity index (χ4v) is 3.29. The van der Waals surface area contributed by atoms with Crippen LogP contribution in [0.1, 0.15) is 53.3 Å². The maximum Gasteiger partial charge on any atom is 0.201 e. The monoisotopic (exact) mass is 358 g/mol. The summed E-state index contributed by atoms with van der Waals surface area (Å²) in [5.41, 5.74) is 1.18. The van der Waals surface area contributed by atoms with Gasteiger partial charge >= 0.3 is 0 Å². The van der Waals surface area contributed by atoms with Crippen molar-refractivity contribution in [2.24, 2.45) is 0 Å². The Bertz CT molecular complexity index is 1140. The maximum atomic E-state index is 12.8. The van der Waals surface area contributed by atoms with Crippen molar-refractivity contribution in [3.63, 3.8) is 0 Å². The summed E-state index contributed by atoms with van der Waals surface area (Å²) in [6.07, 6.45) is 0. The summed E-state index contributed by atoms with van der Waals surface area (Å²) in [7, 11) is 0. The van der Waals surface area contributed by atoms with Crippen LogP contribution in [0.15, 0.2) is 54.6 Å². The Labute approximate surface area is 154 Å². The first-order valence-corrected chi connectivity index (χ1v) is 8.28. The van der Waals surface area contributed by atoms with Gasteiger partial charge < -0.3 is 10.2 Å². The van der Waals surface area contributed by atoms with Gasteiger partial charge in [0.2, 0.25) is 5.78 Å². The number of benzene rings is 3. The topological polar surface area (TPSA) is 91.7 Å². The van der Waals surface area contributed by atoms with Crippen molar-refractivity contribution in [1.82, 2.24) is 0 Å². The molecule has 5 nitrogen and oxygen atoms in total. The zero-order valence-corrected chi connectivity index (χ0v) is 14.3. The fourth-order valence-electron chi connectivity index (χ4n) is 3.29. The predicted molar refractivity (Wildman–Crippen MR) is 97.7 cm³/mol. The molecule has 0 unspecified atom stereocenters. The van der Waals surface area contributed by atoms with Gasteiger partial charge in [0.15, 0.2) is 11.6 Å². The highest BCUT2D eigenvalue weighted by Crippen LogP contribution is 2.37. The van der Waals surface area contributed by atoms with Crippen LogP contribution in [0.5, 0.6) is 11.5 Å². The molecule has 0 aliphatic heterocycles. The second kappa shape index (κ2) is 5.92. The predicted octanol–water partition coefficient (Wildman–Crippen LogP) is 3.41. The van der Waals surface area contributed by atoms with Crippen molar-refractivity contribution in [3.8, 4) is 11.5 Å². The average molecular weight is 358 g/mol. The third-order valence-corrected chi connectivity index (χ3v) is 4.68. The Balaban J connectivity index is 1.87. The lowest BCUT2D eigenvalue weighted by molar-refractivity contribution is 0.0973. The highest BCUT2D eigenvalue weighted by Gasteiger charge is 2.35. The Hall–Kier alpha value is -3.73. The van der Waals surface area contributed by atoms with Crippen molar-refractivity contribution in [3.05, 3.63) is 93.5 Å². The van der Waals surface area contributed by atoms with Crippen molar-refractivity contribution >= 4 is 17.3 Å². The highest BCUT2D eigenvalue weighted by atomic mass is 16.3. The quantitative estimate of drug-likeness (QED) is 0.536. The van der Waals surface area contributed by atoms with Crippen LogP contribution in [0.3, 0.4) is 0 Å². The van der Waals surface area contributed by atoms with Gasteiger partial charge in [0.25, 0.3) is 0 Å². The van der Waals surface area contributed by atoms with Crippen LogP contribution in [0.25, 0.3) is 0 Å². The van der Waals surface area contributed by atoms with Gasteiger partial charge in [-0.3, -0.25) is 14.4 Å². The van der Waals surface area contributed by atoms with E-state index in [9.17, 15) is 24.6 Å². The molecular weight excluding hydrogens is 344 g/mol. The number of hydrogen-bond donors (Lipinski definition) is 2. The molecule has 3 aromatic carbocycles. The second-order valence-corrected chi connectivity index (χ2v) is 6.47. The molecule has 3 aromatic rings. The van der Waals surface area contributed by atoms with E-state index in [-0.39, 0.29) is 39.4 Å². The number of carbonyl (C=O) groups excluding carboxylic acids is 3. The van der Waals surface area contributed by atoms with Crippen LogP contribution in [0.4, 0.5) is 0 Å². The molecule has 1 aliphatic carbocycles. The fraction of sp³-hybridized carbons (Fsp3) is 0.0455. The van der Waals surface area contributed by atoms with Crippen molar-refractivity contribution < 1.29 is 24.6 Å². The molecule has 0 bridgehead atoms. The Morgan fingerprint density at radius 3 is 2.11 bits per heavy atom. The molecule has 1 aliphatic rings. The van der Waals surface area contributed by atoms with Crippen molar-refractivity contribution in [2.75, 3.05) is 0 Å². The molecule has 0 fully saturated rings. The minimum absolute atomic E-state index is 0.0476. The van der Waals surface area contributed by atoms with Crippen LogP contribution < -0.4 is 0 Å². The van der Waals surface area contributed by atoms with Gasteiger partial charge in [0.05, 0.1) is 11.1 Å². The molecule has 0 aromatic heterocycles. The van der Waals surface area contributed by atoms with Crippen LogP contribution in [0, 0.1) is 6.92 Å². The number of ketones is 3. The van der Waals surface area contributed by atoms with Gasteiger partial charge in [-0.05, 0) is 25.1 Å². The first-order chi connectivity index (χ1) is 12.9. The molecule has 0 atom stereocenters. The number of phenolic OH excluding ortho intramolecular Hbond substituents is 2. The van der Waals surface area contributed by atoms with E-state index in [1.54, 1.807) is 24.3 Å². The SMILES string of the molecule is Cc1ccc(C(=O)c2cc(O)c3c(c2)C(=O)c2cccc(O)c2C3=O)cc1. The molecule has 4 rings (SSSR count). The lowest BCUT2D eigenvalue weighted by atomic mass is 9.81. The normalized spacial score (nSPS) is 12.5. The van der Waals surface area contributed by atoms with Crippen LogP contribution in [-0.2, 0) is 0 Å². The Morgan fingerprint density at radius 2 is 1.41 bits per heavy atom. The summed E-state index contributed by atoms with van der Waals surface area (Å²) in [5.74, 6) is -2.32. The summed E-state index contributed by atoms with van der Waals surface area (Å²) in [4.78, 5) is 38.3. The van der Waals surface area contributed by atoms with Crippen LogP contribution in [0.2, 0.25) is 0 Å². The minimum Gasteiger partial charge on any atom is -0.507 e. The van der Waals surface area contributed by atoms with Gasteiger partial charge in [0.1, 0.15) is 11.5 Å². The van der Waals surface area contributed by atoms with Crippen molar-refractivity contribution in [1.29, 1.82) is 0 Å². The summed E-state index contributed by atoms with van der Waals surface area (Å²) in [5, 5.41) is 20.3. The third kappa shape index (κ3) is 2.52. The van der Waals surface area contributed by atoms with Gasteiger partial charge in [-0.1, -0.05) is 42.0 Å². The van der Waals surface area contributed by atoms with Crippen LogP contribution in [-0.4, -0.2) is 27.6 Å². The summed E-state index contributed by atoms with van der Waals surface area (Å²) in [6, 6.07) is 13.6. The van der Waals surface area contributed by atoms with Gasteiger partial charge in [-0.2, -0.15) is 0 Å². The van der Waals surface area contributed by atoms with E-state index in [0.29, 0.717) is 5.56 Å². The molecule has 132 valence electrons. The highest BCUT2D eigenvalue weighted by molar-refractivity contribution is 6.30. The Morgan fingerprint density at radius 1 is 0.741 bits per heavy atom. The number of fused-ring (bicyclic) bond motifs is 2. The van der Waals surface area contributed by atoms with E-state index >= 15 is 0 Å². The summed E-state index contributed by atoms with van der Waals surface area (Å²) >= 11 is 0. The average Bonchev–Trinajstić information content (AvgIpc) is 2.65. The minimum atomic E-state index is -0.649. The zero-order valence-electron chi connectivity index (χ0n) is 14.3. The first kappa shape index (κ1) is 16.7. The first-order valence-electron chi connectivity index (χ1n) is 8.28. The van der Waals surface area contributed by atoms with Crippen LogP contribution >= 0.6 is 0 Å². The molecule has 0 saturated carbocycles. The molecule has 0 spiro atoms. The van der Waals surface area contributed by atoms with E-state index in [2.05, 4.69) is 0 Å². The zero-order chi connectivity index (χ0) is 19.3. The van der Waals surface area contributed by atoms with Gasteiger partial charge in [-0.25, -0.2) is 0 Å². The molecule has 0 radical (unpaired) electrons. The largest absolute Gasteiger partial charge is 0.507 e. The lowest BCUT2D eigenvalue weighted by Crippen LogP contribution is -2.22. The van der Waals surface area contributed by atoms with E-state index < -0.39 is 17.3 Å². The molecule has 2 N–H and O–H groups in total. The summed E-state index contributed by atoms with van der Waals surface area (Å²) in [6.45, 7) is 1.90. The smallest absolute Gasteiger partial charge is 0.201 e. The van der Waals surface area contributed by atoms with Gasteiger partial charge in [-0.15, -0.1) is 0 Å². The summed E-state index contributed by atoms with van der Waals surface area (Å²) < 4.78 is 0. The van der Waals surface area contributed by atoms with E-state index in [0.717, 1.165) is 5.56 Å². The lowest BCUT2D eigenvalue weighted by Gasteiger charge is -2.20. The molecule has 0 amide bonds. The number of phenols is 2. The van der Waals surface area contributed by atoms with E-state index in [1.165, 1.54) is 30.3 Å². The Kier molecular flexibility index (Phi) is 3.66. The van der Waals surface area contributed by atoms with E-state index in [4.69, 9.17) is 0 Å². The number of aryl methyl sites for hydroxylation is 1. The third-order valence-electron chi connectivity index (χ3n) is 4.68. The number of aromatic hydroxyl groups is 2. The molecular formula is C22H14O5. The molecule has 0 heterocycles. The molecule has 0 saturated heterocycles. The maximum absolute atomic E-state index is 12.8. The van der Waals surface area contributed by atoms with Crippen molar-refractivity contribution in [2.45, 2.75) is 6.92 Å². The number of rotatable bonds is 2. The number of carbonyl (C=O) groups is 3. The van der Waals surface area contributed by atoms with E-state index in [1.807, 2.05) is 6.92 Å². The van der Waals surface area contributed by atoms with Gasteiger partial charge in [0, 0.05) is 22.3 Å². The molecule has 5 heteroatoms. The second-order valence-electron chi connectivity index (χ2n) is 6.47.